The molecule has 0 atom stereocenters. The topological polar surface area (TPSA) is 74.6 Å². The Bertz CT molecular complexity index is 720. The number of rotatable bonds is 2. The van der Waals surface area contributed by atoms with E-state index in [9.17, 15) is 26.4 Å². The van der Waals surface area contributed by atoms with Crippen LogP contribution in [-0.2, 0) is 16.7 Å². The Morgan fingerprint density at radius 1 is 1.25 bits per heavy atom. The van der Waals surface area contributed by atoms with Gasteiger partial charge >= 0.3 is 15.6 Å². The first-order valence-corrected chi connectivity index (χ1v) is 6.84. The molecule has 0 unspecified atom stereocenters. The van der Waals surface area contributed by atoms with Crippen LogP contribution in [-0.4, -0.2) is 25.1 Å². The molecule has 1 aliphatic rings. The van der Waals surface area contributed by atoms with Crippen molar-refractivity contribution in [1.82, 2.24) is 4.57 Å². The Balaban J connectivity index is 2.61. The smallest absolute Gasteiger partial charge is 0.477 e. The predicted molar refractivity (Wildman–Crippen MR) is 61.3 cm³/mol. The van der Waals surface area contributed by atoms with Crippen molar-refractivity contribution in [2.45, 2.75) is 25.9 Å². The van der Waals surface area contributed by atoms with Crippen LogP contribution in [0.1, 0.15) is 11.1 Å². The maximum Gasteiger partial charge on any atom is 0.534 e. The van der Waals surface area contributed by atoms with Crippen LogP contribution in [0.25, 0.3) is 0 Å². The maximum absolute atomic E-state index is 12.3. The molecule has 0 aromatic carbocycles. The number of nitrogens with zero attached hydrogens (tertiary/aromatic N) is 1. The first-order valence-electron chi connectivity index (χ1n) is 5.44. The molecule has 1 aromatic rings. The summed E-state index contributed by atoms with van der Waals surface area (Å²) in [7, 11) is -5.83. The Labute approximate surface area is 111 Å². The third kappa shape index (κ3) is 2.13. The lowest BCUT2D eigenvalue weighted by Crippen LogP contribution is -2.30. The van der Waals surface area contributed by atoms with E-state index < -0.39 is 26.9 Å². The minimum absolute atomic E-state index is 0.0213. The van der Waals surface area contributed by atoms with Crippen LogP contribution in [0.2, 0.25) is 0 Å². The van der Waals surface area contributed by atoms with Crippen molar-refractivity contribution in [1.29, 1.82) is 0 Å². The van der Waals surface area contributed by atoms with Gasteiger partial charge in [-0.2, -0.15) is 21.6 Å². The zero-order valence-corrected chi connectivity index (χ0v) is 11.3. The molecule has 0 fully saturated rings. The molecule has 0 N–H and O–H groups in total. The molecule has 112 valence electrons. The zero-order chi connectivity index (χ0) is 15.3. The minimum atomic E-state index is -5.83. The van der Waals surface area contributed by atoms with Gasteiger partial charge in [-0.15, -0.1) is 0 Å². The van der Waals surface area contributed by atoms with E-state index in [1.807, 2.05) is 0 Å². The standard InChI is InChI=1S/C10H10F3NO5S/c1-5-7(19-20(16,17)10(11,12)13)6(2)9-14(8(5)15)3-4-18-9/h3-4H2,1-2H3. The lowest BCUT2D eigenvalue weighted by Gasteiger charge is -2.15. The molecule has 6 nitrogen and oxygen atoms in total. The van der Waals surface area contributed by atoms with E-state index in [0.717, 1.165) is 0 Å². The molecule has 1 aliphatic heterocycles. The van der Waals surface area contributed by atoms with Gasteiger partial charge in [0.05, 0.1) is 17.7 Å². The number of hydrogen-bond donors (Lipinski definition) is 0. The normalized spacial score (nSPS) is 14.8. The third-order valence-electron chi connectivity index (χ3n) is 2.84. The summed E-state index contributed by atoms with van der Waals surface area (Å²) >= 11 is 0. The highest BCUT2D eigenvalue weighted by atomic mass is 32.2. The zero-order valence-electron chi connectivity index (χ0n) is 10.4. The second-order valence-corrected chi connectivity index (χ2v) is 5.71. The first kappa shape index (κ1) is 14.7. The highest BCUT2D eigenvalue weighted by Crippen LogP contribution is 2.34. The van der Waals surface area contributed by atoms with Crippen molar-refractivity contribution >= 4 is 10.1 Å². The summed E-state index contributed by atoms with van der Waals surface area (Å²) in [5.41, 5.74) is -6.39. The summed E-state index contributed by atoms with van der Waals surface area (Å²) in [5, 5.41) is 0. The van der Waals surface area contributed by atoms with Crippen LogP contribution in [0, 0.1) is 13.8 Å². The molecule has 0 aliphatic carbocycles. The molecule has 0 bridgehead atoms. The molecule has 0 saturated heterocycles. The molecule has 0 amide bonds. The van der Waals surface area contributed by atoms with Crippen molar-refractivity contribution in [2.24, 2.45) is 0 Å². The quantitative estimate of drug-likeness (QED) is 0.603. The summed E-state index contributed by atoms with van der Waals surface area (Å²) < 4.78 is 69.5. The average molecular weight is 313 g/mol. The predicted octanol–water partition coefficient (Wildman–Crippen LogP) is 1.09. The summed E-state index contributed by atoms with van der Waals surface area (Å²) in [6.45, 7) is 2.96. The highest BCUT2D eigenvalue weighted by molar-refractivity contribution is 7.88. The van der Waals surface area contributed by atoms with Gasteiger partial charge < -0.3 is 8.92 Å². The molecule has 2 rings (SSSR count). The van der Waals surface area contributed by atoms with Crippen LogP contribution >= 0.6 is 0 Å². The van der Waals surface area contributed by atoms with E-state index in [1.165, 1.54) is 18.4 Å². The van der Waals surface area contributed by atoms with Gasteiger partial charge in [0.2, 0.25) is 5.88 Å². The molecule has 1 aromatic heterocycles. The number of pyridine rings is 1. The second-order valence-electron chi connectivity index (χ2n) is 4.17. The third-order valence-corrected chi connectivity index (χ3v) is 3.80. The molecule has 0 spiro atoms. The second kappa shape index (κ2) is 4.40. The van der Waals surface area contributed by atoms with Crippen molar-refractivity contribution < 1.29 is 30.5 Å². The monoisotopic (exact) mass is 313 g/mol. The van der Waals surface area contributed by atoms with Crippen LogP contribution in [0.4, 0.5) is 13.2 Å². The number of fused-ring (bicyclic) bond motifs is 1. The van der Waals surface area contributed by atoms with E-state index >= 15 is 0 Å². The van der Waals surface area contributed by atoms with Gasteiger partial charge in [0.15, 0.2) is 5.75 Å². The SMILES string of the molecule is Cc1c(OS(=O)(=O)C(F)(F)F)c(C)c(=O)n2c1OCC2. The first-order chi connectivity index (χ1) is 9.06. The Morgan fingerprint density at radius 3 is 2.40 bits per heavy atom. The van der Waals surface area contributed by atoms with Crippen LogP contribution in [0.3, 0.4) is 0 Å². The van der Waals surface area contributed by atoms with E-state index in [1.54, 1.807) is 0 Å². The molecular weight excluding hydrogens is 303 g/mol. The van der Waals surface area contributed by atoms with Crippen molar-refractivity contribution in [3.8, 4) is 11.6 Å². The number of hydrogen-bond acceptors (Lipinski definition) is 5. The van der Waals surface area contributed by atoms with Gasteiger partial charge in [-0.3, -0.25) is 9.36 Å². The largest absolute Gasteiger partial charge is 0.534 e. The summed E-state index contributed by atoms with van der Waals surface area (Å²) in [5.74, 6) is -0.617. The summed E-state index contributed by atoms with van der Waals surface area (Å²) in [4.78, 5) is 11.9. The summed E-state index contributed by atoms with van der Waals surface area (Å²) in [6.07, 6.45) is 0. The fourth-order valence-electron chi connectivity index (χ4n) is 1.88. The summed E-state index contributed by atoms with van der Waals surface area (Å²) in [6, 6.07) is 0. The molecule has 0 radical (unpaired) electrons. The highest BCUT2D eigenvalue weighted by Gasteiger charge is 2.49. The van der Waals surface area contributed by atoms with Crippen molar-refractivity contribution in [2.75, 3.05) is 6.61 Å². The van der Waals surface area contributed by atoms with Gasteiger partial charge in [0.1, 0.15) is 6.61 Å². The van der Waals surface area contributed by atoms with Crippen molar-refractivity contribution in [3.63, 3.8) is 0 Å². The number of aromatic nitrogens is 1. The Kier molecular flexibility index (Phi) is 3.23. The van der Waals surface area contributed by atoms with Crippen molar-refractivity contribution in [3.05, 3.63) is 21.5 Å². The fraction of sp³-hybridized carbons (Fsp3) is 0.500. The van der Waals surface area contributed by atoms with Gasteiger partial charge in [-0.25, -0.2) is 0 Å². The van der Waals surface area contributed by atoms with E-state index in [0.29, 0.717) is 0 Å². The van der Waals surface area contributed by atoms with Gasteiger partial charge in [-0.1, -0.05) is 0 Å². The molecule has 10 heteroatoms. The van der Waals surface area contributed by atoms with Gasteiger partial charge in [0, 0.05) is 0 Å². The van der Waals surface area contributed by atoms with Gasteiger partial charge in [-0.05, 0) is 13.8 Å². The number of alkyl halides is 3. The molecule has 0 saturated carbocycles. The Morgan fingerprint density at radius 2 is 1.85 bits per heavy atom. The van der Waals surface area contributed by atoms with E-state index in [2.05, 4.69) is 4.18 Å². The van der Waals surface area contributed by atoms with Gasteiger partial charge in [0.25, 0.3) is 5.56 Å². The number of ether oxygens (including phenoxy) is 1. The fourth-order valence-corrected chi connectivity index (χ4v) is 2.44. The van der Waals surface area contributed by atoms with Crippen LogP contribution in [0.5, 0.6) is 11.6 Å². The average Bonchev–Trinajstić information content (AvgIpc) is 2.79. The van der Waals surface area contributed by atoms with Crippen LogP contribution < -0.4 is 14.5 Å². The van der Waals surface area contributed by atoms with E-state index in [4.69, 9.17) is 4.74 Å². The molecule has 2 heterocycles. The van der Waals surface area contributed by atoms with Crippen LogP contribution in [0.15, 0.2) is 4.79 Å². The molecular formula is C10H10F3NO5S. The van der Waals surface area contributed by atoms with E-state index in [-0.39, 0.29) is 30.2 Å². The maximum atomic E-state index is 12.3. The number of halogens is 3. The minimum Gasteiger partial charge on any atom is -0.477 e. The molecule has 20 heavy (non-hydrogen) atoms. The Hall–Kier alpha value is -1.71. The lowest BCUT2D eigenvalue weighted by atomic mass is 10.2. The lowest BCUT2D eigenvalue weighted by molar-refractivity contribution is -0.0500.